The van der Waals surface area contributed by atoms with Gasteiger partial charge >= 0.3 is 0 Å². The normalized spacial score (nSPS) is 27.2. The van der Waals surface area contributed by atoms with Crippen LogP contribution in [0.4, 0.5) is 0 Å². The number of ether oxygens (including phenoxy) is 2. The molecule has 4 amide bonds. The summed E-state index contributed by atoms with van der Waals surface area (Å²) in [6.07, 6.45) is 2.56. The fourth-order valence-corrected chi connectivity index (χ4v) is 8.07. The molecule has 1 saturated carbocycles. The molecule has 2 saturated heterocycles. The zero-order valence-electron chi connectivity index (χ0n) is 25.1. The molecular formula is C36H34N2O7. The van der Waals surface area contributed by atoms with Crippen LogP contribution in [0.2, 0.25) is 0 Å². The molecule has 3 fully saturated rings. The van der Waals surface area contributed by atoms with Gasteiger partial charge in [0, 0.05) is 23.6 Å². The minimum absolute atomic E-state index is 0.125. The third kappa shape index (κ3) is 4.60. The van der Waals surface area contributed by atoms with Gasteiger partial charge in [-0.2, -0.15) is 0 Å². The van der Waals surface area contributed by atoms with E-state index in [0.717, 1.165) is 16.7 Å². The zero-order valence-corrected chi connectivity index (χ0v) is 25.1. The van der Waals surface area contributed by atoms with E-state index in [0.29, 0.717) is 23.5 Å². The number of hydrogen-bond donors (Lipinski definition) is 1. The Bertz CT molecular complexity index is 1720. The predicted octanol–water partition coefficient (Wildman–Crippen LogP) is 4.45. The largest absolute Gasteiger partial charge is 0.507 e. The number of rotatable bonds is 7. The van der Waals surface area contributed by atoms with E-state index >= 15 is 0 Å². The Morgan fingerprint density at radius 2 is 1.29 bits per heavy atom. The molecule has 2 aliphatic carbocycles. The van der Waals surface area contributed by atoms with Crippen LogP contribution in [0.15, 0.2) is 84.4 Å². The maximum atomic E-state index is 14.2. The molecule has 1 N–H and O–H groups in total. The zero-order chi connectivity index (χ0) is 31.4. The van der Waals surface area contributed by atoms with Crippen LogP contribution in [0.25, 0.3) is 0 Å². The van der Waals surface area contributed by atoms with Crippen LogP contribution in [0.3, 0.4) is 0 Å². The van der Waals surface area contributed by atoms with Crippen molar-refractivity contribution in [1.29, 1.82) is 0 Å². The molecular weight excluding hydrogens is 572 g/mol. The molecule has 0 spiro atoms. The first kappa shape index (κ1) is 28.8. The van der Waals surface area contributed by atoms with Crippen molar-refractivity contribution in [1.82, 2.24) is 9.80 Å². The van der Waals surface area contributed by atoms with E-state index in [2.05, 4.69) is 0 Å². The first-order valence-corrected chi connectivity index (χ1v) is 15.3. The second-order valence-electron chi connectivity index (χ2n) is 12.3. The second-order valence-corrected chi connectivity index (χ2v) is 12.3. The number of aromatic hydroxyl groups is 1. The number of methoxy groups -OCH3 is 2. The van der Waals surface area contributed by atoms with Crippen molar-refractivity contribution in [3.05, 3.63) is 101 Å². The molecule has 2 aliphatic heterocycles. The lowest BCUT2D eigenvalue weighted by Crippen LogP contribution is -2.43. The Morgan fingerprint density at radius 1 is 0.711 bits per heavy atom. The van der Waals surface area contributed by atoms with Crippen LogP contribution in [0.1, 0.15) is 35.4 Å². The van der Waals surface area contributed by atoms with E-state index in [1.807, 2.05) is 66.7 Å². The fourth-order valence-electron chi connectivity index (χ4n) is 8.07. The number of amides is 4. The Labute approximate surface area is 261 Å². The van der Waals surface area contributed by atoms with Gasteiger partial charge in [-0.3, -0.25) is 29.0 Å². The summed E-state index contributed by atoms with van der Waals surface area (Å²) in [4.78, 5) is 58.8. The lowest BCUT2D eigenvalue weighted by molar-refractivity contribution is -0.142. The highest BCUT2D eigenvalue weighted by molar-refractivity contribution is 6.08. The van der Waals surface area contributed by atoms with E-state index in [9.17, 15) is 24.3 Å². The summed E-state index contributed by atoms with van der Waals surface area (Å²) >= 11 is 0. The van der Waals surface area contributed by atoms with Crippen molar-refractivity contribution < 1.29 is 33.8 Å². The molecule has 3 aromatic carbocycles. The standard InChI is InChI=1S/C36H34N2O7/c1-44-22-15-27(39)32(28(16-22)45-2)30-23-13-14-24-29(35(42)37(33(24)40)18-20-9-5-3-6-10-20)25(23)17-26-31(30)36(43)38(34(26)41)19-21-11-7-4-8-12-21/h3-13,15-16,24-26,29-31,39H,14,17-19H2,1-2H3. The lowest BCUT2D eigenvalue weighted by atomic mass is 9.57. The molecule has 6 unspecified atom stereocenters. The van der Waals surface area contributed by atoms with E-state index in [-0.39, 0.29) is 48.9 Å². The third-order valence-electron chi connectivity index (χ3n) is 10.1. The van der Waals surface area contributed by atoms with Crippen molar-refractivity contribution in [2.24, 2.45) is 29.6 Å². The molecule has 0 bridgehead atoms. The first-order chi connectivity index (χ1) is 21.8. The summed E-state index contributed by atoms with van der Waals surface area (Å²) in [5.41, 5.74) is 2.85. The molecule has 0 radical (unpaired) electrons. The molecule has 9 heteroatoms. The summed E-state index contributed by atoms with van der Waals surface area (Å²) in [5.74, 6) is -4.48. The van der Waals surface area contributed by atoms with Crippen molar-refractivity contribution >= 4 is 23.6 Å². The number of imide groups is 2. The number of likely N-dealkylation sites (tertiary alicyclic amines) is 2. The highest BCUT2D eigenvalue weighted by Gasteiger charge is 2.62. The van der Waals surface area contributed by atoms with Crippen molar-refractivity contribution in [2.75, 3.05) is 14.2 Å². The van der Waals surface area contributed by atoms with Crippen LogP contribution < -0.4 is 9.47 Å². The van der Waals surface area contributed by atoms with Gasteiger partial charge in [0.1, 0.15) is 17.2 Å². The minimum Gasteiger partial charge on any atom is -0.507 e. The molecule has 4 aliphatic rings. The van der Waals surface area contributed by atoms with Crippen LogP contribution in [-0.4, -0.2) is 52.8 Å². The first-order valence-electron chi connectivity index (χ1n) is 15.3. The van der Waals surface area contributed by atoms with Gasteiger partial charge in [0.2, 0.25) is 23.6 Å². The van der Waals surface area contributed by atoms with Gasteiger partial charge in [0.15, 0.2) is 0 Å². The summed E-state index contributed by atoms with van der Waals surface area (Å²) in [5, 5.41) is 11.4. The highest BCUT2D eigenvalue weighted by atomic mass is 16.5. The number of allylic oxidation sites excluding steroid dienone is 2. The number of phenolic OH excluding ortho intramolecular Hbond substituents is 1. The summed E-state index contributed by atoms with van der Waals surface area (Å²) in [6.45, 7) is 0.306. The Morgan fingerprint density at radius 3 is 1.87 bits per heavy atom. The SMILES string of the molecule is COc1cc(O)c(C2C3=CCC4C(=O)N(Cc5ccccc5)C(=O)C4C3CC3C(=O)N(Cc4ccccc4)C(=O)C32)c(OC)c1. The van der Waals surface area contributed by atoms with Gasteiger partial charge in [0.25, 0.3) is 0 Å². The Kier molecular flexibility index (Phi) is 7.19. The maximum absolute atomic E-state index is 14.2. The van der Waals surface area contributed by atoms with Crippen LogP contribution in [0, 0.1) is 29.6 Å². The number of benzene rings is 3. The molecule has 2 heterocycles. The Balaban J connectivity index is 1.32. The number of fused-ring (bicyclic) bond motifs is 4. The van der Waals surface area contributed by atoms with E-state index < -0.39 is 35.5 Å². The van der Waals surface area contributed by atoms with Crippen molar-refractivity contribution in [3.63, 3.8) is 0 Å². The Hall–Kier alpha value is -4.92. The van der Waals surface area contributed by atoms with Crippen LogP contribution in [-0.2, 0) is 32.3 Å². The lowest BCUT2D eigenvalue weighted by Gasteiger charge is -2.44. The highest BCUT2D eigenvalue weighted by Crippen LogP contribution is 2.60. The number of phenols is 1. The molecule has 7 rings (SSSR count). The van der Waals surface area contributed by atoms with Gasteiger partial charge in [-0.25, -0.2) is 0 Å². The average molecular weight is 607 g/mol. The maximum Gasteiger partial charge on any atom is 0.234 e. The molecule has 230 valence electrons. The minimum atomic E-state index is -0.805. The van der Waals surface area contributed by atoms with Gasteiger partial charge in [0.05, 0.1) is 51.0 Å². The van der Waals surface area contributed by atoms with Crippen LogP contribution in [0.5, 0.6) is 17.2 Å². The van der Waals surface area contributed by atoms with E-state index in [1.54, 1.807) is 6.07 Å². The molecule has 9 nitrogen and oxygen atoms in total. The smallest absolute Gasteiger partial charge is 0.234 e. The van der Waals surface area contributed by atoms with Crippen molar-refractivity contribution in [3.8, 4) is 17.2 Å². The van der Waals surface area contributed by atoms with Crippen molar-refractivity contribution in [2.45, 2.75) is 31.8 Å². The molecule has 45 heavy (non-hydrogen) atoms. The quantitative estimate of drug-likeness (QED) is 0.312. The number of carbonyl (C=O) groups excluding carboxylic acids is 4. The summed E-state index contributed by atoms with van der Waals surface area (Å²) < 4.78 is 11.1. The van der Waals surface area contributed by atoms with Crippen LogP contribution >= 0.6 is 0 Å². The number of hydrogen-bond acceptors (Lipinski definition) is 7. The third-order valence-corrected chi connectivity index (χ3v) is 10.1. The predicted molar refractivity (Wildman–Crippen MR) is 163 cm³/mol. The van der Waals surface area contributed by atoms with E-state index in [1.165, 1.54) is 30.1 Å². The van der Waals surface area contributed by atoms with E-state index in [4.69, 9.17) is 9.47 Å². The van der Waals surface area contributed by atoms with Gasteiger partial charge < -0.3 is 14.6 Å². The topological polar surface area (TPSA) is 113 Å². The number of nitrogens with zero attached hydrogens (tertiary/aromatic N) is 2. The summed E-state index contributed by atoms with van der Waals surface area (Å²) in [6, 6.07) is 21.9. The van der Waals surface area contributed by atoms with Gasteiger partial charge in [-0.05, 0) is 29.9 Å². The van der Waals surface area contributed by atoms with Gasteiger partial charge in [-0.1, -0.05) is 72.3 Å². The molecule has 3 aromatic rings. The average Bonchev–Trinajstić information content (AvgIpc) is 3.44. The fraction of sp³-hybridized carbons (Fsp3) is 0.333. The molecule has 6 atom stereocenters. The second kappa shape index (κ2) is 11.2. The van der Waals surface area contributed by atoms with Gasteiger partial charge in [-0.15, -0.1) is 0 Å². The number of carbonyl (C=O) groups is 4. The summed E-state index contributed by atoms with van der Waals surface area (Å²) in [7, 11) is 2.96. The molecule has 0 aromatic heterocycles. The monoisotopic (exact) mass is 606 g/mol.